The fraction of sp³-hybridized carbons (Fsp3) is 0.333. The minimum absolute atomic E-state index is 0.0261. The third kappa shape index (κ3) is 4.10. The number of imidazole rings is 1. The molecule has 7 nitrogen and oxygen atoms in total. The lowest BCUT2D eigenvalue weighted by atomic mass is 9.98. The lowest BCUT2D eigenvalue weighted by molar-refractivity contribution is -0.137. The molecule has 0 fully saturated rings. The van der Waals surface area contributed by atoms with E-state index in [4.69, 9.17) is 5.11 Å². The number of aromatic nitrogens is 2. The van der Waals surface area contributed by atoms with Crippen LogP contribution in [0.3, 0.4) is 0 Å². The van der Waals surface area contributed by atoms with Gasteiger partial charge in [0.05, 0.1) is 6.42 Å². The molecular weight excluding hydrogens is 318 g/mol. The summed E-state index contributed by atoms with van der Waals surface area (Å²) in [6.45, 7) is 3.53. The van der Waals surface area contributed by atoms with Gasteiger partial charge in [-0.15, -0.1) is 0 Å². The predicted molar refractivity (Wildman–Crippen MR) is 85.9 cm³/mol. The Balaban J connectivity index is 2.15. The quantitative estimate of drug-likeness (QED) is 0.840. The second kappa shape index (κ2) is 6.41. The second-order valence-electron chi connectivity index (χ2n) is 5.46. The lowest BCUT2D eigenvalue weighted by Crippen LogP contribution is -2.13. The summed E-state index contributed by atoms with van der Waals surface area (Å²) < 4.78 is 28.6. The van der Waals surface area contributed by atoms with Gasteiger partial charge in [0.15, 0.2) is 5.03 Å². The van der Waals surface area contributed by atoms with Crippen LogP contribution in [0.15, 0.2) is 35.5 Å². The summed E-state index contributed by atoms with van der Waals surface area (Å²) in [6, 6.07) is 6.66. The van der Waals surface area contributed by atoms with Crippen molar-refractivity contribution in [2.75, 3.05) is 4.72 Å². The largest absolute Gasteiger partial charge is 0.481 e. The van der Waals surface area contributed by atoms with Crippen molar-refractivity contribution in [1.29, 1.82) is 0 Å². The highest BCUT2D eigenvalue weighted by molar-refractivity contribution is 7.92. The maximum atomic E-state index is 12.3. The van der Waals surface area contributed by atoms with Crippen LogP contribution in [-0.2, 0) is 21.9 Å². The van der Waals surface area contributed by atoms with Gasteiger partial charge in [0, 0.05) is 18.9 Å². The number of benzene rings is 1. The number of anilines is 1. The van der Waals surface area contributed by atoms with Crippen LogP contribution in [-0.4, -0.2) is 29.0 Å². The SMILES string of the molecule is Cc1nc(S(=O)(=O)Nc2ccc(C(C)CC(=O)O)cc2)cn1C. The van der Waals surface area contributed by atoms with Crippen molar-refractivity contribution in [2.45, 2.75) is 31.2 Å². The first-order valence-electron chi connectivity index (χ1n) is 7.03. The summed E-state index contributed by atoms with van der Waals surface area (Å²) >= 11 is 0. The van der Waals surface area contributed by atoms with E-state index in [-0.39, 0.29) is 17.4 Å². The second-order valence-corrected chi connectivity index (χ2v) is 7.09. The van der Waals surface area contributed by atoms with E-state index in [1.54, 1.807) is 42.8 Å². The molecule has 1 aromatic carbocycles. The van der Waals surface area contributed by atoms with Gasteiger partial charge in [-0.05, 0) is 30.5 Å². The van der Waals surface area contributed by atoms with Crippen LogP contribution >= 0.6 is 0 Å². The lowest BCUT2D eigenvalue weighted by Gasteiger charge is -2.11. The molecule has 0 saturated carbocycles. The van der Waals surface area contributed by atoms with E-state index in [2.05, 4.69) is 9.71 Å². The predicted octanol–water partition coefficient (Wildman–Crippen LogP) is 2.11. The summed E-state index contributed by atoms with van der Waals surface area (Å²) in [6.07, 6.45) is 1.47. The fourth-order valence-electron chi connectivity index (χ4n) is 2.12. The number of aryl methyl sites for hydroxylation is 2. The number of hydrogen-bond acceptors (Lipinski definition) is 4. The van der Waals surface area contributed by atoms with Crippen LogP contribution in [0, 0.1) is 6.92 Å². The molecule has 1 heterocycles. The first-order chi connectivity index (χ1) is 10.7. The summed E-state index contributed by atoms with van der Waals surface area (Å²) in [4.78, 5) is 14.7. The van der Waals surface area contributed by atoms with Gasteiger partial charge in [-0.3, -0.25) is 9.52 Å². The van der Waals surface area contributed by atoms with Gasteiger partial charge in [0.1, 0.15) is 5.82 Å². The molecule has 0 saturated heterocycles. The van der Waals surface area contributed by atoms with Crippen molar-refractivity contribution in [3.63, 3.8) is 0 Å². The van der Waals surface area contributed by atoms with Gasteiger partial charge in [0.2, 0.25) is 0 Å². The highest BCUT2D eigenvalue weighted by Gasteiger charge is 2.19. The zero-order valence-corrected chi connectivity index (χ0v) is 14.0. The van der Waals surface area contributed by atoms with Crippen LogP contribution in [0.1, 0.15) is 30.7 Å². The number of nitrogens with zero attached hydrogens (tertiary/aromatic N) is 2. The van der Waals surface area contributed by atoms with Crippen molar-refractivity contribution in [3.8, 4) is 0 Å². The molecule has 2 aromatic rings. The van der Waals surface area contributed by atoms with Gasteiger partial charge in [-0.25, -0.2) is 4.98 Å². The van der Waals surface area contributed by atoms with Crippen molar-refractivity contribution in [3.05, 3.63) is 41.9 Å². The maximum absolute atomic E-state index is 12.3. The van der Waals surface area contributed by atoms with Crippen LogP contribution in [0.5, 0.6) is 0 Å². The zero-order chi connectivity index (χ0) is 17.2. The molecule has 8 heteroatoms. The topological polar surface area (TPSA) is 101 Å². The Hall–Kier alpha value is -2.35. The van der Waals surface area contributed by atoms with Crippen molar-refractivity contribution in [2.24, 2.45) is 7.05 Å². The molecule has 0 radical (unpaired) electrons. The fourth-order valence-corrected chi connectivity index (χ4v) is 3.22. The van der Waals surface area contributed by atoms with Gasteiger partial charge in [-0.2, -0.15) is 8.42 Å². The number of rotatable bonds is 6. The third-order valence-corrected chi connectivity index (χ3v) is 4.83. The molecule has 0 aliphatic heterocycles. The van der Waals surface area contributed by atoms with E-state index in [0.29, 0.717) is 11.5 Å². The van der Waals surface area contributed by atoms with Crippen LogP contribution in [0.4, 0.5) is 5.69 Å². The molecule has 1 aromatic heterocycles. The Labute approximate surface area is 135 Å². The average Bonchev–Trinajstić information content (AvgIpc) is 2.79. The molecule has 1 atom stereocenters. The van der Waals surface area contributed by atoms with Gasteiger partial charge >= 0.3 is 5.97 Å². The van der Waals surface area contributed by atoms with Crippen LogP contribution < -0.4 is 4.72 Å². The number of aliphatic carboxylic acids is 1. The monoisotopic (exact) mass is 337 g/mol. The standard InChI is InChI=1S/C15H19N3O4S/c1-10(8-15(19)20)12-4-6-13(7-5-12)17-23(21,22)14-9-18(3)11(2)16-14/h4-7,9-10,17H,8H2,1-3H3,(H,19,20). The van der Waals surface area contributed by atoms with Crippen LogP contribution in [0.25, 0.3) is 0 Å². The molecule has 0 aliphatic rings. The third-order valence-electron chi connectivity index (χ3n) is 3.57. The van der Waals surface area contributed by atoms with E-state index in [0.717, 1.165) is 5.56 Å². The number of carbonyl (C=O) groups is 1. The molecule has 23 heavy (non-hydrogen) atoms. The Morgan fingerprint density at radius 2 is 1.96 bits per heavy atom. The molecule has 2 N–H and O–H groups in total. The molecule has 124 valence electrons. The highest BCUT2D eigenvalue weighted by atomic mass is 32.2. The van der Waals surface area contributed by atoms with Crippen molar-refractivity contribution in [1.82, 2.24) is 9.55 Å². The minimum Gasteiger partial charge on any atom is -0.481 e. The number of carboxylic acid groups (broad SMARTS) is 1. The van der Waals surface area contributed by atoms with E-state index in [1.165, 1.54) is 6.20 Å². The zero-order valence-electron chi connectivity index (χ0n) is 13.1. The molecule has 2 rings (SSSR count). The average molecular weight is 337 g/mol. The van der Waals surface area contributed by atoms with Crippen LogP contribution in [0.2, 0.25) is 0 Å². The van der Waals surface area contributed by atoms with Gasteiger partial charge < -0.3 is 9.67 Å². The molecular formula is C15H19N3O4S. The molecule has 0 spiro atoms. The Morgan fingerprint density at radius 3 is 2.43 bits per heavy atom. The maximum Gasteiger partial charge on any atom is 0.303 e. The number of carboxylic acids is 1. The first-order valence-corrected chi connectivity index (χ1v) is 8.52. The Kier molecular flexibility index (Phi) is 4.74. The Morgan fingerprint density at radius 1 is 1.35 bits per heavy atom. The highest BCUT2D eigenvalue weighted by Crippen LogP contribution is 2.22. The van der Waals surface area contributed by atoms with Crippen molar-refractivity contribution >= 4 is 21.7 Å². The van der Waals surface area contributed by atoms with Crippen molar-refractivity contribution < 1.29 is 18.3 Å². The van der Waals surface area contributed by atoms with E-state index in [1.807, 2.05) is 6.92 Å². The molecule has 0 amide bonds. The number of sulfonamides is 1. The molecule has 1 unspecified atom stereocenters. The minimum atomic E-state index is -3.74. The van der Waals surface area contributed by atoms with Gasteiger partial charge in [-0.1, -0.05) is 19.1 Å². The van der Waals surface area contributed by atoms with E-state index in [9.17, 15) is 13.2 Å². The normalized spacial score (nSPS) is 12.8. The van der Waals surface area contributed by atoms with E-state index >= 15 is 0 Å². The summed E-state index contributed by atoms with van der Waals surface area (Å²) in [5, 5.41) is 8.76. The number of nitrogens with one attached hydrogen (secondary N) is 1. The summed E-state index contributed by atoms with van der Waals surface area (Å²) in [7, 11) is -2.02. The summed E-state index contributed by atoms with van der Waals surface area (Å²) in [5.41, 5.74) is 1.24. The van der Waals surface area contributed by atoms with E-state index < -0.39 is 16.0 Å². The molecule has 0 aliphatic carbocycles. The summed E-state index contributed by atoms with van der Waals surface area (Å²) in [5.74, 6) is -0.410. The number of hydrogen-bond donors (Lipinski definition) is 2. The van der Waals surface area contributed by atoms with Gasteiger partial charge in [0.25, 0.3) is 10.0 Å². The smallest absolute Gasteiger partial charge is 0.303 e. The first kappa shape index (κ1) is 17.0. The Bertz CT molecular complexity index is 790. The molecule has 0 bridgehead atoms.